The van der Waals surface area contributed by atoms with Crippen molar-refractivity contribution in [2.24, 2.45) is 11.8 Å². The van der Waals surface area contributed by atoms with Crippen LogP contribution in [-0.2, 0) is 19.6 Å². The standard InChI is InChI=1S/C12H17N3O5S2/c1-7-3-9(11(17)18)6-15(5-7)22(19,20)10-4-13-12(21-10)14-8(2)16/h4,7,9H,3,5-6H2,1-2H3,(H,17,18)(H,13,14,16). The Bertz CT molecular complexity index is 685. The SMILES string of the molecule is CC(=O)Nc1ncc(S(=O)(=O)N2CC(C)CC(C(=O)O)C2)s1. The number of carboxylic acid groups (broad SMARTS) is 1. The van der Waals surface area contributed by atoms with E-state index >= 15 is 0 Å². The van der Waals surface area contributed by atoms with Gasteiger partial charge in [-0.2, -0.15) is 4.31 Å². The van der Waals surface area contributed by atoms with E-state index in [9.17, 15) is 18.0 Å². The van der Waals surface area contributed by atoms with Crippen LogP contribution >= 0.6 is 11.3 Å². The van der Waals surface area contributed by atoms with Gasteiger partial charge in [-0.15, -0.1) is 0 Å². The van der Waals surface area contributed by atoms with Crippen molar-refractivity contribution < 1.29 is 23.1 Å². The summed E-state index contributed by atoms with van der Waals surface area (Å²) in [5, 5.41) is 11.8. The Morgan fingerprint density at radius 1 is 1.45 bits per heavy atom. The average Bonchev–Trinajstić information content (AvgIpc) is 2.86. The van der Waals surface area contributed by atoms with Gasteiger partial charge in [0.25, 0.3) is 10.0 Å². The van der Waals surface area contributed by atoms with E-state index in [0.717, 1.165) is 11.3 Å². The van der Waals surface area contributed by atoms with Gasteiger partial charge in [0.1, 0.15) is 0 Å². The second-order valence-corrected chi connectivity index (χ2v) is 8.56. The Balaban J connectivity index is 2.23. The summed E-state index contributed by atoms with van der Waals surface area (Å²) in [5.41, 5.74) is 0. The highest BCUT2D eigenvalue weighted by atomic mass is 32.2. The summed E-state index contributed by atoms with van der Waals surface area (Å²) in [4.78, 5) is 26.0. The van der Waals surface area contributed by atoms with Gasteiger partial charge in [0.05, 0.1) is 12.1 Å². The zero-order valence-corrected chi connectivity index (χ0v) is 13.8. The number of nitrogens with one attached hydrogen (secondary N) is 1. The van der Waals surface area contributed by atoms with Gasteiger partial charge in [-0.05, 0) is 12.3 Å². The lowest BCUT2D eigenvalue weighted by molar-refractivity contribution is -0.143. The number of hydrogen-bond acceptors (Lipinski definition) is 6. The zero-order chi connectivity index (χ0) is 16.5. The van der Waals surface area contributed by atoms with Gasteiger partial charge in [-0.1, -0.05) is 18.3 Å². The molecule has 0 bridgehead atoms. The number of amides is 1. The number of carbonyl (C=O) groups is 2. The van der Waals surface area contributed by atoms with Crippen LogP contribution in [0.1, 0.15) is 20.3 Å². The van der Waals surface area contributed by atoms with E-state index in [1.54, 1.807) is 0 Å². The Morgan fingerprint density at radius 3 is 2.73 bits per heavy atom. The molecule has 2 unspecified atom stereocenters. The quantitative estimate of drug-likeness (QED) is 0.833. The third-order valence-corrected chi connectivity index (χ3v) is 6.52. The first-order valence-electron chi connectivity index (χ1n) is 6.66. The van der Waals surface area contributed by atoms with Crippen LogP contribution in [0.5, 0.6) is 0 Å². The molecule has 8 nitrogen and oxygen atoms in total. The van der Waals surface area contributed by atoms with Crippen molar-refractivity contribution in [1.82, 2.24) is 9.29 Å². The van der Waals surface area contributed by atoms with Crippen LogP contribution < -0.4 is 5.32 Å². The molecule has 2 N–H and O–H groups in total. The van der Waals surface area contributed by atoms with Crippen molar-refractivity contribution in [3.63, 3.8) is 0 Å². The molecule has 0 spiro atoms. The molecule has 1 amide bonds. The minimum absolute atomic E-state index is 0.00510. The topological polar surface area (TPSA) is 117 Å². The summed E-state index contributed by atoms with van der Waals surface area (Å²) in [5.74, 6) is -2.07. The third-order valence-electron chi connectivity index (χ3n) is 3.34. The van der Waals surface area contributed by atoms with Crippen molar-refractivity contribution in [1.29, 1.82) is 0 Å². The third kappa shape index (κ3) is 3.62. The number of piperidine rings is 1. The molecule has 2 heterocycles. The Hall–Kier alpha value is -1.52. The predicted octanol–water partition coefficient (Wildman–Crippen LogP) is 0.833. The lowest BCUT2D eigenvalue weighted by Crippen LogP contribution is -2.45. The fraction of sp³-hybridized carbons (Fsp3) is 0.583. The van der Waals surface area contributed by atoms with E-state index in [1.807, 2.05) is 6.92 Å². The monoisotopic (exact) mass is 347 g/mol. The molecular formula is C12H17N3O5S2. The van der Waals surface area contributed by atoms with Gasteiger partial charge >= 0.3 is 5.97 Å². The highest BCUT2D eigenvalue weighted by Crippen LogP contribution is 2.30. The summed E-state index contributed by atoms with van der Waals surface area (Å²) in [7, 11) is -3.80. The maximum Gasteiger partial charge on any atom is 0.307 e. The molecule has 1 fully saturated rings. The van der Waals surface area contributed by atoms with Crippen LogP contribution in [0.15, 0.2) is 10.4 Å². The van der Waals surface area contributed by atoms with Gasteiger partial charge in [0, 0.05) is 20.0 Å². The highest BCUT2D eigenvalue weighted by Gasteiger charge is 2.37. The fourth-order valence-electron chi connectivity index (χ4n) is 2.39. The zero-order valence-electron chi connectivity index (χ0n) is 12.1. The smallest absolute Gasteiger partial charge is 0.307 e. The largest absolute Gasteiger partial charge is 0.481 e. The highest BCUT2D eigenvalue weighted by molar-refractivity contribution is 7.91. The second kappa shape index (κ2) is 6.31. The van der Waals surface area contributed by atoms with Crippen molar-refractivity contribution in [2.45, 2.75) is 24.5 Å². The maximum atomic E-state index is 12.6. The molecule has 2 rings (SSSR count). The number of thiazole rings is 1. The van der Waals surface area contributed by atoms with E-state index < -0.39 is 21.9 Å². The summed E-state index contributed by atoms with van der Waals surface area (Å²) < 4.78 is 26.4. The van der Waals surface area contributed by atoms with E-state index in [2.05, 4.69) is 10.3 Å². The van der Waals surface area contributed by atoms with Crippen LogP contribution in [-0.4, -0.2) is 47.8 Å². The number of nitrogens with zero attached hydrogens (tertiary/aromatic N) is 2. The van der Waals surface area contributed by atoms with Gasteiger partial charge in [-0.25, -0.2) is 13.4 Å². The Morgan fingerprint density at radius 2 is 2.14 bits per heavy atom. The van der Waals surface area contributed by atoms with E-state index in [-0.39, 0.29) is 34.3 Å². The molecule has 1 aliphatic rings. The molecule has 22 heavy (non-hydrogen) atoms. The molecule has 0 aliphatic carbocycles. The molecule has 0 radical (unpaired) electrons. The van der Waals surface area contributed by atoms with Gasteiger partial charge in [0.2, 0.25) is 5.91 Å². The summed E-state index contributed by atoms with van der Waals surface area (Å²) >= 11 is 0.853. The number of sulfonamides is 1. The van der Waals surface area contributed by atoms with E-state index in [1.165, 1.54) is 17.4 Å². The number of carboxylic acids is 1. The van der Waals surface area contributed by atoms with Gasteiger partial charge in [-0.3, -0.25) is 9.59 Å². The number of carbonyl (C=O) groups excluding carboxylic acids is 1. The van der Waals surface area contributed by atoms with Crippen LogP contribution in [0.25, 0.3) is 0 Å². The van der Waals surface area contributed by atoms with Gasteiger partial charge in [0.15, 0.2) is 9.34 Å². The summed E-state index contributed by atoms with van der Waals surface area (Å²) in [6.07, 6.45) is 1.64. The minimum Gasteiger partial charge on any atom is -0.481 e. The fourth-order valence-corrected chi connectivity index (χ4v) is 5.23. The first-order chi connectivity index (χ1) is 10.2. The first kappa shape index (κ1) is 16.8. The van der Waals surface area contributed by atoms with Crippen LogP contribution in [0.4, 0.5) is 5.13 Å². The molecule has 1 aliphatic heterocycles. The first-order valence-corrected chi connectivity index (χ1v) is 8.92. The molecule has 0 saturated carbocycles. The summed E-state index contributed by atoms with van der Waals surface area (Å²) in [6.45, 7) is 3.36. The second-order valence-electron chi connectivity index (χ2n) is 5.36. The van der Waals surface area contributed by atoms with Gasteiger partial charge < -0.3 is 10.4 Å². The summed E-state index contributed by atoms with van der Waals surface area (Å²) in [6, 6.07) is 0. The van der Waals surface area contributed by atoms with E-state index in [4.69, 9.17) is 5.11 Å². The van der Waals surface area contributed by atoms with Crippen LogP contribution in [0.2, 0.25) is 0 Å². The molecule has 1 aromatic heterocycles. The molecular weight excluding hydrogens is 330 g/mol. The van der Waals surface area contributed by atoms with E-state index in [0.29, 0.717) is 6.42 Å². The van der Waals surface area contributed by atoms with Crippen LogP contribution in [0, 0.1) is 11.8 Å². The Kier molecular flexibility index (Phi) is 4.83. The van der Waals surface area contributed by atoms with Crippen molar-refractivity contribution >= 4 is 38.4 Å². The van der Waals surface area contributed by atoms with Crippen LogP contribution in [0.3, 0.4) is 0 Å². The molecule has 10 heteroatoms. The normalized spacial score (nSPS) is 23.2. The maximum absolute atomic E-state index is 12.6. The van der Waals surface area contributed by atoms with Crippen molar-refractivity contribution in [3.05, 3.63) is 6.20 Å². The predicted molar refractivity (Wildman–Crippen MR) is 80.1 cm³/mol. The van der Waals surface area contributed by atoms with Crippen molar-refractivity contribution in [3.8, 4) is 0 Å². The lowest BCUT2D eigenvalue weighted by Gasteiger charge is -2.33. The molecule has 2 atom stereocenters. The lowest BCUT2D eigenvalue weighted by atomic mass is 9.92. The number of rotatable bonds is 4. The number of hydrogen-bond donors (Lipinski definition) is 2. The number of aliphatic carboxylic acids is 1. The Labute approximate surface area is 132 Å². The van der Waals surface area contributed by atoms with Crippen molar-refractivity contribution in [2.75, 3.05) is 18.4 Å². The minimum atomic E-state index is -3.80. The molecule has 1 aromatic rings. The average molecular weight is 347 g/mol. The molecule has 1 saturated heterocycles. The number of aromatic nitrogens is 1. The number of anilines is 1. The molecule has 122 valence electrons. The molecule has 0 aromatic carbocycles.